The van der Waals surface area contributed by atoms with Crippen LogP contribution in [0, 0.1) is 46.3 Å². The Bertz CT molecular complexity index is 437. The van der Waals surface area contributed by atoms with Crippen LogP contribution in [0.4, 0.5) is 0 Å². The maximum Gasteiger partial charge on any atom is -0.0267 e. The van der Waals surface area contributed by atoms with Crippen molar-refractivity contribution in [1.82, 2.24) is 0 Å². The molecule has 2 aliphatic carbocycles. The van der Waals surface area contributed by atoms with Crippen LogP contribution >= 0.6 is 0 Å². The molecule has 0 nitrogen and oxygen atoms in total. The summed E-state index contributed by atoms with van der Waals surface area (Å²) in [5.74, 6) is 5.58. The molecule has 0 bridgehead atoms. The van der Waals surface area contributed by atoms with Gasteiger partial charge in [0.25, 0.3) is 0 Å². The predicted octanol–water partition coefficient (Wildman–Crippen LogP) is 12.8. The molecule has 2 fully saturated rings. The first-order valence-electron chi connectivity index (χ1n) is 15.6. The molecule has 0 aromatic heterocycles. The molecule has 0 aromatic rings. The quantitative estimate of drug-likeness (QED) is 0.306. The molecule has 0 aromatic carbocycles. The third kappa shape index (κ3) is 11.4. The first kappa shape index (κ1) is 38.5. The summed E-state index contributed by atoms with van der Waals surface area (Å²) < 4.78 is 0. The minimum atomic E-state index is 0. The summed E-state index contributed by atoms with van der Waals surface area (Å²) in [6.45, 7) is 32.1. The zero-order valence-corrected chi connectivity index (χ0v) is 26.2. The van der Waals surface area contributed by atoms with Gasteiger partial charge in [0, 0.05) is 0 Å². The molecule has 0 spiro atoms. The number of rotatable bonds is 9. The third-order valence-electron chi connectivity index (χ3n) is 9.59. The third-order valence-corrected chi connectivity index (χ3v) is 9.59. The van der Waals surface area contributed by atoms with Gasteiger partial charge in [-0.15, -0.1) is 0 Å². The van der Waals surface area contributed by atoms with E-state index >= 15 is 0 Å². The fourth-order valence-electron chi connectivity index (χ4n) is 7.11. The lowest BCUT2D eigenvalue weighted by Gasteiger charge is -2.44. The van der Waals surface area contributed by atoms with Crippen LogP contribution in [0.2, 0.25) is 0 Å². The highest BCUT2D eigenvalue weighted by Crippen LogP contribution is 2.56. The van der Waals surface area contributed by atoms with Crippen molar-refractivity contribution in [1.29, 1.82) is 0 Å². The second-order valence-corrected chi connectivity index (χ2v) is 12.0. The van der Waals surface area contributed by atoms with Crippen LogP contribution in [0.1, 0.15) is 175 Å². The highest BCUT2D eigenvalue weighted by molar-refractivity contribution is 4.97. The zero-order valence-electron chi connectivity index (χ0n) is 26.2. The average molecular weight is 483 g/mol. The van der Waals surface area contributed by atoms with Gasteiger partial charge in [-0.2, -0.15) is 0 Å². The highest BCUT2D eigenvalue weighted by Gasteiger charge is 2.47. The molecule has 0 heterocycles. The average Bonchev–Trinajstić information content (AvgIpc) is 3.15. The van der Waals surface area contributed by atoms with E-state index in [2.05, 4.69) is 55.4 Å². The lowest BCUT2D eigenvalue weighted by Crippen LogP contribution is -2.34. The van der Waals surface area contributed by atoms with Gasteiger partial charge in [-0.3, -0.25) is 0 Å². The van der Waals surface area contributed by atoms with Gasteiger partial charge in [0.15, 0.2) is 0 Å². The molecule has 34 heavy (non-hydrogen) atoms. The molecule has 0 radical (unpaired) electrons. The second kappa shape index (κ2) is 20.1. The summed E-state index contributed by atoms with van der Waals surface area (Å²) in [6, 6.07) is 0. The molecule has 0 N–H and O–H groups in total. The standard InChI is InChI=1S/C27H52.3C2H6.CH4/c1-9-22(5)25-15-14-24(27(25,8)18-16-20(2)3)11-10-17-26(7)19-21(4)12-13-23(26)6;3*1-2;/h20-25H,9-19H2,1-8H3;3*1-2H3;1H4. The van der Waals surface area contributed by atoms with E-state index in [0.717, 1.165) is 35.5 Å². The molecule has 0 heteroatoms. The Morgan fingerprint density at radius 3 is 1.85 bits per heavy atom. The lowest BCUT2D eigenvalue weighted by molar-refractivity contribution is 0.0643. The number of hydrogen-bond acceptors (Lipinski definition) is 0. The van der Waals surface area contributed by atoms with Crippen molar-refractivity contribution in [2.75, 3.05) is 0 Å². The molecular formula is C34H74. The molecule has 7 unspecified atom stereocenters. The van der Waals surface area contributed by atoms with E-state index in [-0.39, 0.29) is 7.43 Å². The Morgan fingerprint density at radius 1 is 0.794 bits per heavy atom. The van der Waals surface area contributed by atoms with E-state index < -0.39 is 0 Å². The smallest absolute Gasteiger partial charge is 0.0267 e. The van der Waals surface area contributed by atoms with Crippen LogP contribution in [0.15, 0.2) is 0 Å². The van der Waals surface area contributed by atoms with Crippen LogP contribution in [0.5, 0.6) is 0 Å². The summed E-state index contributed by atoms with van der Waals surface area (Å²) in [7, 11) is 0. The topological polar surface area (TPSA) is 0 Å². The Kier molecular flexibility index (Phi) is 22.8. The Hall–Kier alpha value is 0. The monoisotopic (exact) mass is 483 g/mol. The van der Waals surface area contributed by atoms with Crippen molar-refractivity contribution in [3.8, 4) is 0 Å². The van der Waals surface area contributed by atoms with E-state index in [4.69, 9.17) is 0 Å². The van der Waals surface area contributed by atoms with Crippen molar-refractivity contribution < 1.29 is 0 Å². The molecule has 0 amide bonds. The van der Waals surface area contributed by atoms with Gasteiger partial charge >= 0.3 is 0 Å². The SMILES string of the molecule is C.CC.CC.CC.CCC(C)C1CCC(CCCC2(C)CC(C)CCC2C)C1(C)CCC(C)C. The molecule has 0 aliphatic heterocycles. The first-order chi connectivity index (χ1) is 15.6. The normalized spacial score (nSPS) is 33.3. The van der Waals surface area contributed by atoms with Crippen LogP contribution in [-0.2, 0) is 0 Å². The molecule has 210 valence electrons. The predicted molar refractivity (Wildman–Crippen MR) is 163 cm³/mol. The van der Waals surface area contributed by atoms with Crippen molar-refractivity contribution >= 4 is 0 Å². The van der Waals surface area contributed by atoms with Crippen LogP contribution in [-0.4, -0.2) is 0 Å². The van der Waals surface area contributed by atoms with E-state index in [0.29, 0.717) is 10.8 Å². The van der Waals surface area contributed by atoms with Crippen LogP contribution in [0.25, 0.3) is 0 Å². The Labute approximate surface area is 221 Å². The van der Waals surface area contributed by atoms with Crippen LogP contribution in [0.3, 0.4) is 0 Å². The summed E-state index contributed by atoms with van der Waals surface area (Å²) >= 11 is 0. The summed E-state index contributed by atoms with van der Waals surface area (Å²) in [5.41, 5.74) is 1.22. The fraction of sp³-hybridized carbons (Fsp3) is 1.00. The molecule has 7 atom stereocenters. The van der Waals surface area contributed by atoms with Gasteiger partial charge in [-0.1, -0.05) is 130 Å². The highest BCUT2D eigenvalue weighted by atomic mass is 14.5. The fourth-order valence-corrected chi connectivity index (χ4v) is 7.11. The van der Waals surface area contributed by atoms with Crippen molar-refractivity contribution in [2.24, 2.45) is 46.3 Å². The van der Waals surface area contributed by atoms with Crippen molar-refractivity contribution in [3.63, 3.8) is 0 Å². The first-order valence-corrected chi connectivity index (χ1v) is 15.6. The lowest BCUT2D eigenvalue weighted by atomic mass is 9.61. The Morgan fingerprint density at radius 2 is 1.35 bits per heavy atom. The maximum atomic E-state index is 2.69. The van der Waals surface area contributed by atoms with Gasteiger partial charge in [0.05, 0.1) is 0 Å². The molecule has 0 saturated heterocycles. The summed E-state index contributed by atoms with van der Waals surface area (Å²) in [4.78, 5) is 0. The molecular weight excluding hydrogens is 408 g/mol. The van der Waals surface area contributed by atoms with E-state index in [1.54, 1.807) is 0 Å². The van der Waals surface area contributed by atoms with Gasteiger partial charge in [0.1, 0.15) is 0 Å². The van der Waals surface area contributed by atoms with Gasteiger partial charge in [-0.05, 0) is 91.3 Å². The maximum absolute atomic E-state index is 2.69. The minimum Gasteiger partial charge on any atom is -0.0776 e. The zero-order chi connectivity index (χ0) is 26.2. The van der Waals surface area contributed by atoms with E-state index in [9.17, 15) is 0 Å². The van der Waals surface area contributed by atoms with Crippen LogP contribution < -0.4 is 0 Å². The van der Waals surface area contributed by atoms with Gasteiger partial charge in [0.2, 0.25) is 0 Å². The minimum absolute atomic E-state index is 0. The van der Waals surface area contributed by atoms with Crippen molar-refractivity contribution in [3.05, 3.63) is 0 Å². The van der Waals surface area contributed by atoms with Crippen molar-refractivity contribution in [2.45, 2.75) is 175 Å². The van der Waals surface area contributed by atoms with E-state index in [1.165, 1.54) is 70.6 Å². The molecule has 2 rings (SSSR count). The summed E-state index contributed by atoms with van der Waals surface area (Å²) in [6.07, 6.45) is 16.1. The Balaban J connectivity index is -0.00000127. The summed E-state index contributed by atoms with van der Waals surface area (Å²) in [5, 5.41) is 0. The van der Waals surface area contributed by atoms with Gasteiger partial charge in [-0.25, -0.2) is 0 Å². The largest absolute Gasteiger partial charge is 0.0776 e. The van der Waals surface area contributed by atoms with E-state index in [1.807, 2.05) is 41.5 Å². The molecule has 2 aliphatic rings. The number of hydrogen-bond donors (Lipinski definition) is 0. The molecule has 2 saturated carbocycles. The van der Waals surface area contributed by atoms with Gasteiger partial charge < -0.3 is 0 Å². The second-order valence-electron chi connectivity index (χ2n) is 12.0.